The van der Waals surface area contributed by atoms with E-state index < -0.39 is 0 Å². The third-order valence-electron chi connectivity index (χ3n) is 4.11. The van der Waals surface area contributed by atoms with Crippen LogP contribution in [0.3, 0.4) is 0 Å². The van der Waals surface area contributed by atoms with Crippen LogP contribution in [0.5, 0.6) is 11.5 Å². The normalized spacial score (nSPS) is 13.0. The number of ether oxygens (including phenoxy) is 2. The molecule has 0 saturated carbocycles. The lowest BCUT2D eigenvalue weighted by molar-refractivity contribution is -0.131. The Bertz CT molecular complexity index is 846. The van der Waals surface area contributed by atoms with Gasteiger partial charge >= 0.3 is 0 Å². The molecule has 0 atom stereocenters. The molecule has 1 heterocycles. The molecule has 6 nitrogen and oxygen atoms in total. The maximum absolute atomic E-state index is 12.5. The zero-order valence-corrected chi connectivity index (χ0v) is 14.7. The molecule has 26 heavy (non-hydrogen) atoms. The van der Waals surface area contributed by atoms with Gasteiger partial charge in [0, 0.05) is 11.9 Å². The fraction of sp³-hybridized carbons (Fsp3) is 0.200. The van der Waals surface area contributed by atoms with Gasteiger partial charge < -0.3 is 19.7 Å². The molecule has 0 unspecified atom stereocenters. The van der Waals surface area contributed by atoms with Gasteiger partial charge in [-0.15, -0.1) is 0 Å². The summed E-state index contributed by atoms with van der Waals surface area (Å²) in [4.78, 5) is 26.2. The Morgan fingerprint density at radius 3 is 2.50 bits per heavy atom. The van der Waals surface area contributed by atoms with Crippen LogP contribution in [0, 0.1) is 0 Å². The molecule has 0 aromatic heterocycles. The smallest absolute Gasteiger partial charge is 0.244 e. The Kier molecular flexibility index (Phi) is 5.22. The van der Waals surface area contributed by atoms with Gasteiger partial charge in [-0.05, 0) is 41.5 Å². The Balaban J connectivity index is 1.75. The first-order valence-corrected chi connectivity index (χ1v) is 8.18. The minimum atomic E-state index is -0.254. The van der Waals surface area contributed by atoms with Crippen LogP contribution in [-0.4, -0.2) is 37.5 Å². The number of hydrogen-bond acceptors (Lipinski definition) is 4. The third kappa shape index (κ3) is 3.85. The van der Waals surface area contributed by atoms with Crippen LogP contribution in [0.25, 0.3) is 6.08 Å². The van der Waals surface area contributed by atoms with Gasteiger partial charge in [-0.3, -0.25) is 9.59 Å². The van der Waals surface area contributed by atoms with Crippen LogP contribution in [0.15, 0.2) is 48.7 Å². The van der Waals surface area contributed by atoms with Gasteiger partial charge in [-0.2, -0.15) is 0 Å². The van der Waals surface area contributed by atoms with E-state index in [1.165, 1.54) is 4.90 Å². The van der Waals surface area contributed by atoms with Crippen molar-refractivity contribution < 1.29 is 19.1 Å². The highest BCUT2D eigenvalue weighted by molar-refractivity contribution is 5.95. The lowest BCUT2D eigenvalue weighted by Gasteiger charge is -2.16. The predicted molar refractivity (Wildman–Crippen MR) is 99.1 cm³/mol. The zero-order valence-electron chi connectivity index (χ0n) is 14.7. The van der Waals surface area contributed by atoms with Crippen molar-refractivity contribution >= 4 is 23.6 Å². The first-order valence-electron chi connectivity index (χ1n) is 8.18. The second-order valence-corrected chi connectivity index (χ2v) is 5.83. The second kappa shape index (κ2) is 7.74. The summed E-state index contributed by atoms with van der Waals surface area (Å²) in [5.41, 5.74) is 2.39. The largest absolute Gasteiger partial charge is 0.493 e. The lowest BCUT2D eigenvalue weighted by atomic mass is 10.0. The Morgan fingerprint density at radius 2 is 1.81 bits per heavy atom. The summed E-state index contributed by atoms with van der Waals surface area (Å²) in [7, 11) is 3.12. The topological polar surface area (TPSA) is 67.9 Å². The number of carbonyl (C=O) groups is 2. The number of nitrogens with zero attached hydrogens (tertiary/aromatic N) is 1. The summed E-state index contributed by atoms with van der Waals surface area (Å²) in [6, 6.07) is 12.8. The molecule has 1 N–H and O–H groups in total. The van der Waals surface area contributed by atoms with Crippen LogP contribution in [0.4, 0.5) is 5.69 Å². The van der Waals surface area contributed by atoms with E-state index in [1.807, 2.05) is 24.3 Å². The molecule has 134 valence electrons. The monoisotopic (exact) mass is 352 g/mol. The maximum Gasteiger partial charge on any atom is 0.244 e. The molecular weight excluding hydrogens is 332 g/mol. The van der Waals surface area contributed by atoms with E-state index in [1.54, 1.807) is 44.7 Å². The average molecular weight is 352 g/mol. The lowest BCUT2D eigenvalue weighted by Crippen LogP contribution is -2.34. The summed E-state index contributed by atoms with van der Waals surface area (Å²) in [6.07, 6.45) is 3.62. The fourth-order valence-electron chi connectivity index (χ4n) is 2.78. The van der Waals surface area contributed by atoms with Crippen LogP contribution in [0.2, 0.25) is 0 Å². The Hall–Kier alpha value is -3.28. The minimum Gasteiger partial charge on any atom is -0.493 e. The molecule has 0 aliphatic carbocycles. The number of rotatable bonds is 5. The van der Waals surface area contributed by atoms with Crippen LogP contribution in [0.1, 0.15) is 11.1 Å². The molecule has 0 fully saturated rings. The number of carbonyl (C=O) groups excluding carboxylic acids is 2. The predicted octanol–water partition coefficient (Wildman–Crippen LogP) is 2.70. The number of fused-ring (bicyclic) bond motifs is 1. The quantitative estimate of drug-likeness (QED) is 0.898. The van der Waals surface area contributed by atoms with E-state index in [-0.39, 0.29) is 24.8 Å². The number of methoxy groups -OCH3 is 2. The molecule has 0 radical (unpaired) electrons. The summed E-state index contributed by atoms with van der Waals surface area (Å²) >= 11 is 0. The van der Waals surface area contributed by atoms with Gasteiger partial charge in [0.2, 0.25) is 11.8 Å². The number of anilines is 1. The highest BCUT2D eigenvalue weighted by atomic mass is 16.5. The minimum absolute atomic E-state index is 0.0491. The van der Waals surface area contributed by atoms with E-state index in [9.17, 15) is 9.59 Å². The van der Waals surface area contributed by atoms with Crippen molar-refractivity contribution in [3.63, 3.8) is 0 Å². The van der Waals surface area contributed by atoms with Gasteiger partial charge in [0.15, 0.2) is 11.5 Å². The van der Waals surface area contributed by atoms with Crippen molar-refractivity contribution in [3.8, 4) is 11.5 Å². The molecule has 0 saturated heterocycles. The standard InChI is InChI=1S/C20H20N2O4/c1-25-17-10-14-8-9-22(20(24)12-15(14)11-18(17)26-2)13-19(23)21-16-6-4-3-5-7-16/h3-11H,12-13H2,1-2H3,(H,21,23). The van der Waals surface area contributed by atoms with Gasteiger partial charge in [0.05, 0.1) is 20.6 Å². The molecule has 3 rings (SSSR count). The number of benzene rings is 2. The summed E-state index contributed by atoms with van der Waals surface area (Å²) < 4.78 is 10.6. The maximum atomic E-state index is 12.5. The molecule has 0 bridgehead atoms. The molecule has 2 aromatic carbocycles. The average Bonchev–Trinajstić information content (AvgIpc) is 2.80. The second-order valence-electron chi connectivity index (χ2n) is 5.83. The SMILES string of the molecule is COc1cc2c(cc1OC)CC(=O)N(CC(=O)Nc1ccccc1)C=C2. The van der Waals surface area contributed by atoms with E-state index in [4.69, 9.17) is 9.47 Å². The van der Waals surface area contributed by atoms with Crippen molar-refractivity contribution in [2.45, 2.75) is 6.42 Å². The molecular formula is C20H20N2O4. The number of amides is 2. The summed E-state index contributed by atoms with van der Waals surface area (Å²) in [5.74, 6) is 0.757. The van der Waals surface area contributed by atoms with Crippen molar-refractivity contribution in [1.82, 2.24) is 4.90 Å². The Labute approximate surface area is 152 Å². The van der Waals surface area contributed by atoms with E-state index in [2.05, 4.69) is 5.32 Å². The van der Waals surface area contributed by atoms with Crippen molar-refractivity contribution in [1.29, 1.82) is 0 Å². The van der Waals surface area contributed by atoms with Crippen molar-refractivity contribution in [2.24, 2.45) is 0 Å². The highest BCUT2D eigenvalue weighted by Gasteiger charge is 2.21. The first kappa shape index (κ1) is 17.5. The number of nitrogens with one attached hydrogen (secondary N) is 1. The van der Waals surface area contributed by atoms with Gasteiger partial charge in [0.25, 0.3) is 0 Å². The molecule has 2 aromatic rings. The van der Waals surface area contributed by atoms with Gasteiger partial charge in [0.1, 0.15) is 6.54 Å². The van der Waals surface area contributed by atoms with Gasteiger partial charge in [-0.1, -0.05) is 18.2 Å². The highest BCUT2D eigenvalue weighted by Crippen LogP contribution is 2.32. The molecule has 6 heteroatoms. The summed E-state index contributed by atoms with van der Waals surface area (Å²) in [5, 5.41) is 2.78. The van der Waals surface area contributed by atoms with Crippen LogP contribution < -0.4 is 14.8 Å². The van der Waals surface area contributed by atoms with Crippen molar-refractivity contribution in [3.05, 3.63) is 59.8 Å². The molecule has 1 aliphatic rings. The number of para-hydroxylation sites is 1. The molecule has 2 amide bonds. The first-order chi connectivity index (χ1) is 12.6. The van der Waals surface area contributed by atoms with Gasteiger partial charge in [-0.25, -0.2) is 0 Å². The number of hydrogen-bond donors (Lipinski definition) is 1. The van der Waals surface area contributed by atoms with E-state index >= 15 is 0 Å². The van der Waals surface area contributed by atoms with E-state index in [0.29, 0.717) is 17.2 Å². The van der Waals surface area contributed by atoms with Crippen molar-refractivity contribution in [2.75, 3.05) is 26.1 Å². The molecule has 1 aliphatic heterocycles. The third-order valence-corrected chi connectivity index (χ3v) is 4.11. The zero-order chi connectivity index (χ0) is 18.5. The Morgan fingerprint density at radius 1 is 1.12 bits per heavy atom. The molecule has 0 spiro atoms. The van der Waals surface area contributed by atoms with Crippen LogP contribution >= 0.6 is 0 Å². The van der Waals surface area contributed by atoms with E-state index in [0.717, 1.165) is 11.1 Å². The summed E-state index contributed by atoms with van der Waals surface area (Å²) in [6.45, 7) is -0.0491. The van der Waals surface area contributed by atoms with Crippen LogP contribution in [-0.2, 0) is 16.0 Å². The fourth-order valence-corrected chi connectivity index (χ4v) is 2.78.